The largest absolute Gasteiger partial charge is 0.349 e. The quantitative estimate of drug-likeness (QED) is 0.767. The normalized spacial score (nSPS) is 12.5. The Morgan fingerprint density at radius 2 is 2.50 bits per heavy atom. The van der Waals surface area contributed by atoms with Crippen LogP contribution in [-0.2, 0) is 7.05 Å². The number of alkyl halides is 1. The number of hydrogen-bond donors (Lipinski definition) is 1. The summed E-state index contributed by atoms with van der Waals surface area (Å²) in [6, 6.07) is 0. The van der Waals surface area contributed by atoms with Gasteiger partial charge in [-0.15, -0.1) is 11.6 Å². The standard InChI is InChI=1S/C9H14ClN3O/c1-3-7(10)4-12-9(14)8-5-11-6-13(8)2/h5-7H,3-4H2,1-2H3,(H,12,14). The van der Waals surface area contributed by atoms with Crippen LogP contribution in [0.5, 0.6) is 0 Å². The molecule has 0 saturated carbocycles. The second-order valence-corrected chi connectivity index (χ2v) is 3.72. The lowest BCUT2D eigenvalue weighted by Gasteiger charge is -2.08. The Morgan fingerprint density at radius 1 is 1.79 bits per heavy atom. The van der Waals surface area contributed by atoms with Gasteiger partial charge >= 0.3 is 0 Å². The van der Waals surface area contributed by atoms with Gasteiger partial charge in [0.15, 0.2) is 0 Å². The van der Waals surface area contributed by atoms with Crippen molar-refractivity contribution >= 4 is 17.5 Å². The van der Waals surface area contributed by atoms with Gasteiger partial charge in [-0.1, -0.05) is 6.92 Å². The van der Waals surface area contributed by atoms with Crippen LogP contribution in [0, 0.1) is 0 Å². The maximum Gasteiger partial charge on any atom is 0.269 e. The molecular weight excluding hydrogens is 202 g/mol. The molecule has 1 aromatic heterocycles. The van der Waals surface area contributed by atoms with Crippen molar-refractivity contribution in [2.45, 2.75) is 18.7 Å². The van der Waals surface area contributed by atoms with Crippen molar-refractivity contribution in [3.63, 3.8) is 0 Å². The number of hydrogen-bond acceptors (Lipinski definition) is 2. The monoisotopic (exact) mass is 215 g/mol. The zero-order valence-corrected chi connectivity index (χ0v) is 9.08. The van der Waals surface area contributed by atoms with Gasteiger partial charge in [-0.25, -0.2) is 4.98 Å². The highest BCUT2D eigenvalue weighted by Crippen LogP contribution is 2.00. The minimum Gasteiger partial charge on any atom is -0.349 e. The summed E-state index contributed by atoms with van der Waals surface area (Å²) in [5, 5.41) is 2.74. The molecule has 0 saturated heterocycles. The SMILES string of the molecule is CCC(Cl)CNC(=O)c1cncn1C. The molecule has 1 heterocycles. The number of amides is 1. The van der Waals surface area contributed by atoms with Gasteiger partial charge in [-0.2, -0.15) is 0 Å². The van der Waals surface area contributed by atoms with E-state index in [-0.39, 0.29) is 11.3 Å². The van der Waals surface area contributed by atoms with Crippen LogP contribution in [-0.4, -0.2) is 27.4 Å². The fourth-order valence-corrected chi connectivity index (χ4v) is 1.09. The van der Waals surface area contributed by atoms with Crippen molar-refractivity contribution in [3.8, 4) is 0 Å². The maximum atomic E-state index is 11.5. The Balaban J connectivity index is 2.47. The Hall–Kier alpha value is -1.03. The van der Waals surface area contributed by atoms with E-state index in [2.05, 4.69) is 10.3 Å². The van der Waals surface area contributed by atoms with Gasteiger partial charge in [0, 0.05) is 13.6 Å². The molecule has 0 aliphatic rings. The third kappa shape index (κ3) is 2.73. The highest BCUT2D eigenvalue weighted by atomic mass is 35.5. The van der Waals surface area contributed by atoms with E-state index in [9.17, 15) is 4.79 Å². The van der Waals surface area contributed by atoms with Gasteiger partial charge in [0.1, 0.15) is 5.69 Å². The van der Waals surface area contributed by atoms with Crippen molar-refractivity contribution in [1.82, 2.24) is 14.9 Å². The first-order valence-corrected chi connectivity index (χ1v) is 4.97. The zero-order chi connectivity index (χ0) is 10.6. The van der Waals surface area contributed by atoms with Crippen molar-refractivity contribution < 1.29 is 4.79 Å². The van der Waals surface area contributed by atoms with Crippen LogP contribution in [0.25, 0.3) is 0 Å². The first-order chi connectivity index (χ1) is 6.65. The lowest BCUT2D eigenvalue weighted by molar-refractivity contribution is 0.0945. The molecule has 0 radical (unpaired) electrons. The first kappa shape index (κ1) is 11.0. The van der Waals surface area contributed by atoms with Gasteiger partial charge in [-0.05, 0) is 6.42 Å². The van der Waals surface area contributed by atoms with Crippen LogP contribution in [0.4, 0.5) is 0 Å². The number of carbonyl (C=O) groups excluding carboxylic acids is 1. The Labute approximate surface area is 88.3 Å². The molecule has 4 nitrogen and oxygen atoms in total. The highest BCUT2D eigenvalue weighted by molar-refractivity contribution is 6.20. The molecule has 78 valence electrons. The molecule has 1 N–H and O–H groups in total. The maximum absolute atomic E-state index is 11.5. The smallest absolute Gasteiger partial charge is 0.269 e. The molecule has 0 aliphatic heterocycles. The molecule has 0 aromatic carbocycles. The third-order valence-corrected chi connectivity index (χ3v) is 2.44. The van der Waals surface area contributed by atoms with Crippen LogP contribution >= 0.6 is 11.6 Å². The Bertz CT molecular complexity index is 311. The number of carbonyl (C=O) groups is 1. The Morgan fingerprint density at radius 3 is 3.00 bits per heavy atom. The number of rotatable bonds is 4. The lowest BCUT2D eigenvalue weighted by atomic mass is 10.3. The first-order valence-electron chi connectivity index (χ1n) is 4.53. The summed E-state index contributed by atoms with van der Waals surface area (Å²) in [6.07, 6.45) is 3.96. The van der Waals surface area contributed by atoms with Gasteiger partial charge < -0.3 is 9.88 Å². The molecule has 1 rings (SSSR count). The van der Waals surface area contributed by atoms with Crippen LogP contribution in [0.3, 0.4) is 0 Å². The van der Waals surface area contributed by atoms with Crippen LogP contribution < -0.4 is 5.32 Å². The molecule has 14 heavy (non-hydrogen) atoms. The number of halogens is 1. The molecule has 5 heteroatoms. The summed E-state index contributed by atoms with van der Waals surface area (Å²) in [5.41, 5.74) is 0.546. The molecule has 0 aliphatic carbocycles. The number of nitrogens with one attached hydrogen (secondary N) is 1. The van der Waals surface area contributed by atoms with E-state index in [4.69, 9.17) is 11.6 Å². The summed E-state index contributed by atoms with van der Waals surface area (Å²) in [5.74, 6) is -0.135. The topological polar surface area (TPSA) is 46.9 Å². The van der Waals surface area contributed by atoms with Gasteiger partial charge in [-0.3, -0.25) is 4.79 Å². The minimum atomic E-state index is -0.135. The van der Waals surface area contributed by atoms with Gasteiger partial charge in [0.05, 0.1) is 17.9 Å². The Kier molecular flexibility index (Phi) is 3.95. The van der Waals surface area contributed by atoms with Crippen LogP contribution in [0.2, 0.25) is 0 Å². The third-order valence-electron chi connectivity index (χ3n) is 1.98. The molecule has 1 atom stereocenters. The molecule has 1 amide bonds. The van der Waals surface area contributed by atoms with E-state index in [1.807, 2.05) is 6.92 Å². The van der Waals surface area contributed by atoms with Crippen LogP contribution in [0.1, 0.15) is 23.8 Å². The van der Waals surface area contributed by atoms with E-state index >= 15 is 0 Å². The molecule has 1 unspecified atom stereocenters. The van der Waals surface area contributed by atoms with Crippen molar-refractivity contribution in [2.75, 3.05) is 6.54 Å². The average Bonchev–Trinajstić information content (AvgIpc) is 2.60. The fraction of sp³-hybridized carbons (Fsp3) is 0.556. The molecule has 0 bridgehead atoms. The van der Waals surface area contributed by atoms with E-state index in [1.165, 1.54) is 6.20 Å². The number of aromatic nitrogens is 2. The summed E-state index contributed by atoms with van der Waals surface area (Å²) in [4.78, 5) is 15.4. The number of imidazole rings is 1. The highest BCUT2D eigenvalue weighted by Gasteiger charge is 2.10. The zero-order valence-electron chi connectivity index (χ0n) is 8.33. The van der Waals surface area contributed by atoms with Gasteiger partial charge in [0.25, 0.3) is 5.91 Å². The summed E-state index contributed by atoms with van der Waals surface area (Å²) >= 11 is 5.87. The van der Waals surface area contributed by atoms with E-state index in [0.29, 0.717) is 12.2 Å². The van der Waals surface area contributed by atoms with E-state index in [1.54, 1.807) is 17.9 Å². The molecule has 1 aromatic rings. The second-order valence-electron chi connectivity index (χ2n) is 3.11. The number of nitrogens with zero attached hydrogens (tertiary/aromatic N) is 2. The van der Waals surface area contributed by atoms with Crippen molar-refractivity contribution in [2.24, 2.45) is 7.05 Å². The van der Waals surface area contributed by atoms with Gasteiger partial charge in [0.2, 0.25) is 0 Å². The van der Waals surface area contributed by atoms with Crippen molar-refractivity contribution in [1.29, 1.82) is 0 Å². The summed E-state index contributed by atoms with van der Waals surface area (Å²) in [7, 11) is 1.78. The lowest BCUT2D eigenvalue weighted by Crippen LogP contribution is -2.30. The van der Waals surface area contributed by atoms with E-state index in [0.717, 1.165) is 6.42 Å². The predicted molar refractivity (Wildman–Crippen MR) is 55.5 cm³/mol. The molecular formula is C9H14ClN3O. The molecule has 0 spiro atoms. The second kappa shape index (κ2) is 5.00. The summed E-state index contributed by atoms with van der Waals surface area (Å²) < 4.78 is 1.67. The average molecular weight is 216 g/mol. The predicted octanol–water partition coefficient (Wildman–Crippen LogP) is 1.17. The van der Waals surface area contributed by atoms with Crippen LogP contribution in [0.15, 0.2) is 12.5 Å². The summed E-state index contributed by atoms with van der Waals surface area (Å²) in [6.45, 7) is 2.47. The fourth-order valence-electron chi connectivity index (χ4n) is 1.01. The van der Waals surface area contributed by atoms with E-state index < -0.39 is 0 Å². The number of aryl methyl sites for hydroxylation is 1. The van der Waals surface area contributed by atoms with Crippen molar-refractivity contribution in [3.05, 3.63) is 18.2 Å². The molecule has 0 fully saturated rings. The minimum absolute atomic E-state index is 0.00724.